The molecule has 0 aliphatic carbocycles. The van der Waals surface area contributed by atoms with Crippen molar-refractivity contribution in [1.29, 1.82) is 0 Å². The maximum atomic E-state index is 12.9. The van der Waals surface area contributed by atoms with Crippen LogP contribution in [0, 0.1) is 12.8 Å². The first-order valence-electron chi connectivity index (χ1n) is 9.16. The van der Waals surface area contributed by atoms with E-state index in [-0.39, 0.29) is 30.3 Å². The monoisotopic (exact) mass is 411 g/mol. The van der Waals surface area contributed by atoms with Crippen LogP contribution in [0.15, 0.2) is 24.3 Å². The molecule has 27 heavy (non-hydrogen) atoms. The minimum Gasteiger partial charge on any atom is -0.343 e. The zero-order valence-corrected chi connectivity index (χ0v) is 17.5. The maximum absolute atomic E-state index is 12.9. The summed E-state index contributed by atoms with van der Waals surface area (Å²) in [6, 6.07) is 7.74. The quantitative estimate of drug-likeness (QED) is 0.786. The van der Waals surface area contributed by atoms with Crippen LogP contribution in [0.3, 0.4) is 0 Å². The fourth-order valence-electron chi connectivity index (χ4n) is 3.49. The van der Waals surface area contributed by atoms with Gasteiger partial charge in [-0.15, -0.1) is 17.5 Å². The van der Waals surface area contributed by atoms with Gasteiger partial charge in [0, 0.05) is 5.02 Å². The molecule has 0 bridgehead atoms. The predicted octanol–water partition coefficient (Wildman–Crippen LogP) is 3.71. The van der Waals surface area contributed by atoms with E-state index in [1.807, 2.05) is 35.9 Å². The number of halogens is 2. The second-order valence-electron chi connectivity index (χ2n) is 7.17. The van der Waals surface area contributed by atoms with Crippen LogP contribution in [-0.2, 0) is 0 Å². The van der Waals surface area contributed by atoms with E-state index in [0.717, 1.165) is 37.2 Å². The molecule has 1 aromatic carbocycles. The number of rotatable bonds is 5. The smallest absolute Gasteiger partial charge is 0.274 e. The highest BCUT2D eigenvalue weighted by molar-refractivity contribution is 6.31. The molecule has 0 saturated carbocycles. The second kappa shape index (κ2) is 9.53. The van der Waals surface area contributed by atoms with E-state index < -0.39 is 0 Å². The molecule has 3 rings (SSSR count). The highest BCUT2D eigenvalue weighted by Crippen LogP contribution is 2.28. The number of nitrogens with zero attached hydrogens (tertiary/aromatic N) is 3. The lowest BCUT2D eigenvalue weighted by Crippen LogP contribution is -2.33. The lowest BCUT2D eigenvalue weighted by molar-refractivity contribution is 0.0919. The predicted molar refractivity (Wildman–Crippen MR) is 110 cm³/mol. The van der Waals surface area contributed by atoms with Crippen LogP contribution in [0.25, 0.3) is 0 Å². The Kier molecular flexibility index (Phi) is 7.65. The van der Waals surface area contributed by atoms with Gasteiger partial charge in [-0.25, -0.2) is 4.68 Å². The molecule has 6 nitrogen and oxygen atoms in total. The average molecular weight is 412 g/mol. The summed E-state index contributed by atoms with van der Waals surface area (Å²) in [6.45, 7) is 7.97. The molecule has 1 atom stereocenters. The van der Waals surface area contributed by atoms with Crippen molar-refractivity contribution in [3.63, 3.8) is 0 Å². The van der Waals surface area contributed by atoms with Crippen molar-refractivity contribution >= 4 is 29.9 Å². The Morgan fingerprint density at radius 3 is 2.59 bits per heavy atom. The second-order valence-corrected chi connectivity index (χ2v) is 7.57. The van der Waals surface area contributed by atoms with E-state index in [2.05, 4.69) is 34.8 Å². The third kappa shape index (κ3) is 4.81. The van der Waals surface area contributed by atoms with Gasteiger partial charge in [-0.05, 0) is 50.4 Å². The summed E-state index contributed by atoms with van der Waals surface area (Å²) in [5.41, 5.74) is 2.12. The number of carbonyl (C=O) groups excluding carboxylic acids is 1. The molecule has 1 aliphatic heterocycles. The van der Waals surface area contributed by atoms with Crippen LogP contribution >= 0.6 is 24.0 Å². The molecule has 148 valence electrons. The molecule has 1 aliphatic rings. The largest absolute Gasteiger partial charge is 0.343 e. The average Bonchev–Trinajstić information content (AvgIpc) is 3.02. The Hall–Kier alpha value is -1.63. The normalized spacial score (nSPS) is 16.0. The summed E-state index contributed by atoms with van der Waals surface area (Å²) in [5, 5.41) is 15.5. The van der Waals surface area contributed by atoms with E-state index in [9.17, 15) is 4.79 Å². The van der Waals surface area contributed by atoms with Crippen LogP contribution in [0.4, 0.5) is 0 Å². The fourth-order valence-corrected chi connectivity index (χ4v) is 3.74. The topological polar surface area (TPSA) is 71.8 Å². The zero-order chi connectivity index (χ0) is 18.7. The van der Waals surface area contributed by atoms with Crippen molar-refractivity contribution in [1.82, 2.24) is 25.6 Å². The molecular weight excluding hydrogens is 385 g/mol. The summed E-state index contributed by atoms with van der Waals surface area (Å²) in [4.78, 5) is 12.9. The Balaban J connectivity index is 0.00000261. The molecule has 0 spiro atoms. The fraction of sp³-hybridized carbons (Fsp3) is 0.526. The molecule has 1 saturated heterocycles. The maximum Gasteiger partial charge on any atom is 0.274 e. The summed E-state index contributed by atoms with van der Waals surface area (Å²) in [7, 11) is 0. The molecule has 1 amide bonds. The van der Waals surface area contributed by atoms with Gasteiger partial charge < -0.3 is 10.6 Å². The van der Waals surface area contributed by atoms with Crippen molar-refractivity contribution in [2.24, 2.45) is 5.92 Å². The third-order valence-electron chi connectivity index (χ3n) is 4.99. The molecule has 2 heterocycles. The standard InChI is InChI=1S/C19H26ClN5O.ClH/c1-12(2)17(15-6-4-5-7-16(15)20)22-19(26)18-13(3)25(24-23-18)14-8-10-21-11-9-14;/h4-7,12,14,17,21H,8-11H2,1-3H3,(H,22,26);1H. The number of piperidine rings is 1. The first kappa shape index (κ1) is 21.7. The number of amides is 1. The summed E-state index contributed by atoms with van der Waals surface area (Å²) >= 11 is 6.34. The van der Waals surface area contributed by atoms with Crippen molar-refractivity contribution in [2.45, 2.75) is 45.7 Å². The highest BCUT2D eigenvalue weighted by atomic mass is 35.5. The van der Waals surface area contributed by atoms with Gasteiger partial charge in [0.05, 0.1) is 17.8 Å². The van der Waals surface area contributed by atoms with E-state index in [1.54, 1.807) is 0 Å². The van der Waals surface area contributed by atoms with Gasteiger partial charge in [0.1, 0.15) is 0 Å². The molecular formula is C19H27Cl2N5O. The lowest BCUT2D eigenvalue weighted by Gasteiger charge is -2.24. The van der Waals surface area contributed by atoms with E-state index in [0.29, 0.717) is 16.8 Å². The van der Waals surface area contributed by atoms with Crippen molar-refractivity contribution < 1.29 is 4.79 Å². The Labute approximate surface area is 171 Å². The van der Waals surface area contributed by atoms with Gasteiger partial charge in [-0.2, -0.15) is 0 Å². The van der Waals surface area contributed by atoms with Gasteiger partial charge in [0.2, 0.25) is 0 Å². The molecule has 1 aromatic heterocycles. The van der Waals surface area contributed by atoms with Crippen molar-refractivity contribution in [2.75, 3.05) is 13.1 Å². The Bertz CT molecular complexity index is 771. The van der Waals surface area contributed by atoms with Crippen molar-refractivity contribution in [3.8, 4) is 0 Å². The highest BCUT2D eigenvalue weighted by Gasteiger charge is 2.26. The molecule has 1 unspecified atom stereocenters. The molecule has 2 N–H and O–H groups in total. The summed E-state index contributed by atoms with van der Waals surface area (Å²) < 4.78 is 1.90. The number of nitrogens with one attached hydrogen (secondary N) is 2. The van der Waals surface area contributed by atoms with Crippen LogP contribution in [0.1, 0.15) is 60.5 Å². The number of benzene rings is 1. The number of carbonyl (C=O) groups is 1. The van der Waals surface area contributed by atoms with Gasteiger partial charge in [-0.1, -0.05) is 48.9 Å². The van der Waals surface area contributed by atoms with Gasteiger partial charge >= 0.3 is 0 Å². The van der Waals surface area contributed by atoms with Crippen LogP contribution in [0.2, 0.25) is 5.02 Å². The van der Waals surface area contributed by atoms with Gasteiger partial charge in [0.15, 0.2) is 5.69 Å². The third-order valence-corrected chi connectivity index (χ3v) is 5.33. The zero-order valence-electron chi connectivity index (χ0n) is 15.9. The summed E-state index contributed by atoms with van der Waals surface area (Å²) in [5.74, 6) is -0.0140. The van der Waals surface area contributed by atoms with Gasteiger partial charge in [-0.3, -0.25) is 4.79 Å². The SMILES string of the molecule is Cc1c(C(=O)NC(c2ccccc2Cl)C(C)C)nnn1C1CCNCC1.Cl. The molecule has 8 heteroatoms. The molecule has 0 radical (unpaired) electrons. The molecule has 1 fully saturated rings. The minimum absolute atomic E-state index is 0. The first-order chi connectivity index (χ1) is 12.5. The minimum atomic E-state index is -0.207. The van der Waals surface area contributed by atoms with E-state index in [4.69, 9.17) is 11.6 Å². The number of hydrogen-bond acceptors (Lipinski definition) is 4. The lowest BCUT2D eigenvalue weighted by atomic mass is 9.95. The Morgan fingerprint density at radius 1 is 1.30 bits per heavy atom. The van der Waals surface area contributed by atoms with Crippen LogP contribution in [0.5, 0.6) is 0 Å². The summed E-state index contributed by atoms with van der Waals surface area (Å²) in [6.07, 6.45) is 2.00. The Morgan fingerprint density at radius 2 is 1.96 bits per heavy atom. The van der Waals surface area contributed by atoms with Crippen LogP contribution < -0.4 is 10.6 Å². The number of hydrogen-bond donors (Lipinski definition) is 2. The first-order valence-corrected chi connectivity index (χ1v) is 9.54. The van der Waals surface area contributed by atoms with E-state index in [1.165, 1.54) is 0 Å². The van der Waals surface area contributed by atoms with Gasteiger partial charge in [0.25, 0.3) is 5.91 Å². The van der Waals surface area contributed by atoms with Crippen molar-refractivity contribution in [3.05, 3.63) is 46.2 Å². The molecule has 2 aromatic rings. The number of aromatic nitrogens is 3. The van der Waals surface area contributed by atoms with Crippen LogP contribution in [-0.4, -0.2) is 34.0 Å². The van der Waals surface area contributed by atoms with E-state index >= 15 is 0 Å².